The minimum absolute atomic E-state index is 0.100. The third-order valence-electron chi connectivity index (χ3n) is 7.07. The number of aryl methyl sites for hydroxylation is 1. The fourth-order valence-corrected chi connectivity index (χ4v) is 5.51. The number of amides is 3. The summed E-state index contributed by atoms with van der Waals surface area (Å²) in [5.74, 6) is 1.33. The molecule has 0 radical (unpaired) electrons. The number of fused-ring (bicyclic) bond motifs is 1. The van der Waals surface area contributed by atoms with E-state index in [0.29, 0.717) is 23.7 Å². The number of ether oxygens (including phenoxy) is 2. The summed E-state index contributed by atoms with van der Waals surface area (Å²) in [6, 6.07) is 13.6. The van der Waals surface area contributed by atoms with Crippen LogP contribution < -0.4 is 20.1 Å². The van der Waals surface area contributed by atoms with E-state index in [0.717, 1.165) is 50.1 Å². The predicted molar refractivity (Wildman–Crippen MR) is 124 cm³/mol. The Hall–Kier alpha value is -2.77. The van der Waals surface area contributed by atoms with Crippen LogP contribution in [0.25, 0.3) is 0 Å². The molecule has 33 heavy (non-hydrogen) atoms. The molecule has 8 heteroatoms. The summed E-state index contributed by atoms with van der Waals surface area (Å²) in [4.78, 5) is 27.4. The second-order valence-electron chi connectivity index (χ2n) is 9.07. The Morgan fingerprint density at radius 2 is 1.79 bits per heavy atom. The highest BCUT2D eigenvalue weighted by atomic mass is 35.5. The number of imide groups is 1. The number of halogens is 1. The number of carbonyl (C=O) groups is 2. The molecule has 7 nitrogen and oxygen atoms in total. The van der Waals surface area contributed by atoms with Crippen LogP contribution in [0.1, 0.15) is 36.8 Å². The highest BCUT2D eigenvalue weighted by molar-refractivity contribution is 6.31. The molecule has 0 aromatic heterocycles. The molecule has 3 aliphatic heterocycles. The summed E-state index contributed by atoms with van der Waals surface area (Å²) in [6.07, 6.45) is 4.03. The van der Waals surface area contributed by atoms with Gasteiger partial charge in [-0.2, -0.15) is 0 Å². The number of hydrogen-bond acceptors (Lipinski definition) is 5. The summed E-state index contributed by atoms with van der Waals surface area (Å²) < 4.78 is 10.9. The molecule has 3 aliphatic rings. The van der Waals surface area contributed by atoms with E-state index in [-0.39, 0.29) is 24.6 Å². The Morgan fingerprint density at radius 1 is 1.06 bits per heavy atom. The molecule has 0 unspecified atom stereocenters. The van der Waals surface area contributed by atoms with Gasteiger partial charge in [0.05, 0.1) is 0 Å². The fraction of sp³-hybridized carbons (Fsp3) is 0.440. The zero-order chi connectivity index (χ0) is 22.8. The number of rotatable bonds is 7. The molecule has 3 heterocycles. The Morgan fingerprint density at radius 3 is 2.48 bits per heavy atom. The van der Waals surface area contributed by atoms with Crippen LogP contribution in [0.2, 0.25) is 5.02 Å². The molecule has 2 aromatic rings. The minimum atomic E-state index is -0.825. The lowest BCUT2D eigenvalue weighted by atomic mass is 9.74. The molecule has 1 atom stereocenters. The zero-order valence-electron chi connectivity index (χ0n) is 18.4. The third kappa shape index (κ3) is 4.52. The summed E-state index contributed by atoms with van der Waals surface area (Å²) in [6.45, 7) is 2.60. The Balaban J connectivity index is 1.22. The van der Waals surface area contributed by atoms with E-state index >= 15 is 0 Å². The van der Waals surface area contributed by atoms with Crippen molar-refractivity contribution in [3.63, 3.8) is 0 Å². The van der Waals surface area contributed by atoms with Gasteiger partial charge in [0.25, 0.3) is 5.91 Å². The van der Waals surface area contributed by atoms with Gasteiger partial charge in [-0.1, -0.05) is 41.9 Å². The molecular formula is C25H28ClN3O4. The maximum atomic E-state index is 12.9. The smallest absolute Gasteiger partial charge is 0.322 e. The number of benzene rings is 2. The Bertz CT molecular complexity index is 1040. The summed E-state index contributed by atoms with van der Waals surface area (Å²) >= 11 is 6.46. The molecule has 0 spiro atoms. The second-order valence-corrected chi connectivity index (χ2v) is 9.47. The van der Waals surface area contributed by atoms with Gasteiger partial charge < -0.3 is 14.8 Å². The van der Waals surface area contributed by atoms with Crippen LogP contribution in [0.4, 0.5) is 4.79 Å². The average Bonchev–Trinajstić information content (AvgIpc) is 3.38. The topological polar surface area (TPSA) is 79.9 Å². The molecule has 2 aromatic carbocycles. The molecule has 2 saturated heterocycles. The van der Waals surface area contributed by atoms with Gasteiger partial charge >= 0.3 is 6.03 Å². The number of nitrogens with one attached hydrogen (secondary N) is 2. The van der Waals surface area contributed by atoms with E-state index < -0.39 is 5.54 Å². The Kier molecular flexibility index (Phi) is 6.17. The first kappa shape index (κ1) is 22.0. The van der Waals surface area contributed by atoms with Gasteiger partial charge in [0.15, 0.2) is 11.5 Å². The molecule has 0 saturated carbocycles. The predicted octanol–water partition coefficient (Wildman–Crippen LogP) is 3.88. The van der Waals surface area contributed by atoms with Gasteiger partial charge in [0.2, 0.25) is 6.79 Å². The Labute approximate surface area is 198 Å². The SMILES string of the molecule is O=C1NC(=O)[C@](CCCc2ccccc2)(C2CCN(Cc3cc4c(cc3Cl)OCO4)CC2)N1. The molecule has 174 valence electrons. The number of piperidine rings is 1. The van der Waals surface area contributed by atoms with Gasteiger partial charge in [0.1, 0.15) is 5.54 Å². The fourth-order valence-electron chi connectivity index (χ4n) is 5.29. The van der Waals surface area contributed by atoms with Crippen molar-refractivity contribution in [1.29, 1.82) is 0 Å². The number of likely N-dealkylation sites (tertiary alicyclic amines) is 1. The van der Waals surface area contributed by atoms with Crippen LogP contribution in [-0.4, -0.2) is 42.3 Å². The van der Waals surface area contributed by atoms with E-state index in [1.54, 1.807) is 0 Å². The number of nitrogens with zero attached hydrogens (tertiary/aromatic N) is 1. The first-order chi connectivity index (χ1) is 16.0. The summed E-state index contributed by atoms with van der Waals surface area (Å²) in [7, 11) is 0. The van der Waals surface area contributed by atoms with Gasteiger partial charge in [-0.05, 0) is 68.3 Å². The maximum Gasteiger partial charge on any atom is 0.322 e. The van der Waals surface area contributed by atoms with Crippen LogP contribution in [0.3, 0.4) is 0 Å². The van der Waals surface area contributed by atoms with Gasteiger partial charge in [-0.15, -0.1) is 0 Å². The molecule has 2 N–H and O–H groups in total. The van der Waals surface area contributed by atoms with E-state index in [9.17, 15) is 9.59 Å². The molecule has 5 rings (SSSR count). The molecule has 3 amide bonds. The minimum Gasteiger partial charge on any atom is -0.454 e. The lowest BCUT2D eigenvalue weighted by Crippen LogP contribution is -2.56. The van der Waals surface area contributed by atoms with Crippen molar-refractivity contribution in [1.82, 2.24) is 15.5 Å². The normalized spacial score (nSPS) is 22.9. The van der Waals surface area contributed by atoms with Crippen molar-refractivity contribution in [3.05, 3.63) is 58.6 Å². The van der Waals surface area contributed by atoms with Crippen molar-refractivity contribution < 1.29 is 19.1 Å². The van der Waals surface area contributed by atoms with Crippen LogP contribution in [0, 0.1) is 5.92 Å². The molecule has 0 bridgehead atoms. The van der Waals surface area contributed by atoms with E-state index in [4.69, 9.17) is 21.1 Å². The van der Waals surface area contributed by atoms with Gasteiger partial charge in [0, 0.05) is 17.6 Å². The number of urea groups is 1. The maximum absolute atomic E-state index is 12.9. The average molecular weight is 470 g/mol. The zero-order valence-corrected chi connectivity index (χ0v) is 19.2. The lowest BCUT2D eigenvalue weighted by Gasteiger charge is -2.41. The number of hydrogen-bond donors (Lipinski definition) is 2. The van der Waals surface area contributed by atoms with E-state index in [2.05, 4.69) is 27.7 Å². The van der Waals surface area contributed by atoms with Crippen molar-refractivity contribution in [2.75, 3.05) is 19.9 Å². The van der Waals surface area contributed by atoms with E-state index in [1.165, 1.54) is 5.56 Å². The second kappa shape index (κ2) is 9.23. The van der Waals surface area contributed by atoms with Crippen molar-refractivity contribution >= 4 is 23.5 Å². The first-order valence-electron chi connectivity index (χ1n) is 11.5. The van der Waals surface area contributed by atoms with Crippen molar-refractivity contribution in [2.24, 2.45) is 5.92 Å². The monoisotopic (exact) mass is 469 g/mol. The molecular weight excluding hydrogens is 442 g/mol. The highest BCUT2D eigenvalue weighted by Gasteiger charge is 2.51. The highest BCUT2D eigenvalue weighted by Crippen LogP contribution is 2.39. The number of carbonyl (C=O) groups excluding carboxylic acids is 2. The lowest BCUT2D eigenvalue weighted by molar-refractivity contribution is -0.127. The van der Waals surface area contributed by atoms with Gasteiger partial charge in [-0.25, -0.2) is 4.79 Å². The molecule has 2 fully saturated rings. The first-order valence-corrected chi connectivity index (χ1v) is 11.9. The summed E-state index contributed by atoms with van der Waals surface area (Å²) in [5.41, 5.74) is 1.42. The standard InChI is InChI=1S/C25H28ClN3O4/c26-20-14-22-21(32-16-33-22)13-18(20)15-29-11-8-19(9-12-29)25(23(30)27-24(31)28-25)10-4-7-17-5-2-1-3-6-17/h1-3,5-6,13-14,19H,4,7-12,15-16H2,(H2,27,28,30,31)/t25-/m0/s1. The summed E-state index contributed by atoms with van der Waals surface area (Å²) in [5, 5.41) is 6.16. The van der Waals surface area contributed by atoms with Crippen molar-refractivity contribution in [3.8, 4) is 11.5 Å². The van der Waals surface area contributed by atoms with Crippen LogP contribution in [-0.2, 0) is 17.8 Å². The van der Waals surface area contributed by atoms with E-state index in [1.807, 2.05) is 30.3 Å². The molecule has 0 aliphatic carbocycles. The van der Waals surface area contributed by atoms with Crippen molar-refractivity contribution in [2.45, 2.75) is 44.2 Å². The van der Waals surface area contributed by atoms with Crippen LogP contribution in [0.15, 0.2) is 42.5 Å². The largest absolute Gasteiger partial charge is 0.454 e. The third-order valence-corrected chi connectivity index (χ3v) is 7.42. The van der Waals surface area contributed by atoms with Crippen LogP contribution in [0.5, 0.6) is 11.5 Å². The van der Waals surface area contributed by atoms with Crippen LogP contribution >= 0.6 is 11.6 Å². The quantitative estimate of drug-likeness (QED) is 0.601. The van der Waals surface area contributed by atoms with Gasteiger partial charge in [-0.3, -0.25) is 15.0 Å².